The maximum Gasteiger partial charge on any atom is 0.309 e. The van der Waals surface area contributed by atoms with E-state index in [1.165, 1.54) is 6.07 Å². The molecule has 0 amide bonds. The molecule has 0 saturated carbocycles. The van der Waals surface area contributed by atoms with Crippen molar-refractivity contribution in [3.8, 4) is 6.07 Å². The van der Waals surface area contributed by atoms with Crippen molar-refractivity contribution in [3.05, 3.63) is 33.9 Å². The number of nitriles is 1. The summed E-state index contributed by atoms with van der Waals surface area (Å²) in [5.74, 6) is 2.08. The number of nitro benzene ring substituents is 1. The van der Waals surface area contributed by atoms with Crippen molar-refractivity contribution < 1.29 is 4.92 Å². The first-order chi connectivity index (χ1) is 9.10. The van der Waals surface area contributed by atoms with Crippen molar-refractivity contribution in [1.82, 2.24) is 0 Å². The molecule has 1 rings (SSSR count). The van der Waals surface area contributed by atoms with E-state index in [0.29, 0.717) is 5.69 Å². The Morgan fingerprint density at radius 2 is 2.32 bits per heavy atom. The van der Waals surface area contributed by atoms with Gasteiger partial charge in [-0.2, -0.15) is 17.0 Å². The molecule has 1 aromatic rings. The Balaban J connectivity index is 2.83. The largest absolute Gasteiger partial charge is 0.377 e. The van der Waals surface area contributed by atoms with Gasteiger partial charge in [-0.15, -0.1) is 0 Å². The molecule has 1 atom stereocenters. The normalized spacial score (nSPS) is 11.6. The van der Waals surface area contributed by atoms with E-state index in [0.717, 1.165) is 17.9 Å². The van der Waals surface area contributed by atoms with E-state index in [1.807, 2.05) is 24.8 Å². The van der Waals surface area contributed by atoms with Crippen molar-refractivity contribution in [2.75, 3.05) is 16.8 Å². The van der Waals surface area contributed by atoms with Crippen molar-refractivity contribution in [2.24, 2.45) is 0 Å². The quantitative estimate of drug-likeness (QED) is 0.470. The molecule has 0 bridgehead atoms. The number of benzene rings is 1. The summed E-state index contributed by atoms with van der Waals surface area (Å²) in [5, 5.41) is 23.1. The van der Waals surface area contributed by atoms with Gasteiger partial charge in [-0.3, -0.25) is 10.1 Å². The molecule has 1 aromatic carbocycles. The minimum absolute atomic E-state index is 0.0881. The van der Waals surface area contributed by atoms with Crippen LogP contribution < -0.4 is 5.32 Å². The summed E-state index contributed by atoms with van der Waals surface area (Å²) < 4.78 is 0. The smallest absolute Gasteiger partial charge is 0.309 e. The SMILES string of the molecule is CCSCCC(C)Nc1cccc(C#N)c1[N+](=O)[O-]. The van der Waals surface area contributed by atoms with Crippen LogP contribution in [0, 0.1) is 21.4 Å². The molecule has 0 spiro atoms. The summed E-state index contributed by atoms with van der Waals surface area (Å²) >= 11 is 1.84. The van der Waals surface area contributed by atoms with Crippen LogP contribution in [-0.4, -0.2) is 22.5 Å². The average Bonchev–Trinajstić information content (AvgIpc) is 2.38. The molecule has 0 aliphatic heterocycles. The molecule has 102 valence electrons. The number of thioether (sulfide) groups is 1. The molecular weight excluding hydrogens is 262 g/mol. The van der Waals surface area contributed by atoms with Crippen LogP contribution in [0.2, 0.25) is 0 Å². The van der Waals surface area contributed by atoms with Crippen LogP contribution >= 0.6 is 11.8 Å². The summed E-state index contributed by atoms with van der Waals surface area (Å²) in [4.78, 5) is 10.5. The van der Waals surface area contributed by atoms with Crippen molar-refractivity contribution in [1.29, 1.82) is 5.26 Å². The lowest BCUT2D eigenvalue weighted by Gasteiger charge is -2.15. The van der Waals surface area contributed by atoms with Crippen LogP contribution in [0.4, 0.5) is 11.4 Å². The second kappa shape index (κ2) is 7.64. The first kappa shape index (κ1) is 15.3. The van der Waals surface area contributed by atoms with Gasteiger partial charge in [0, 0.05) is 6.04 Å². The van der Waals surface area contributed by atoms with Crippen LogP contribution in [0.15, 0.2) is 18.2 Å². The molecule has 0 radical (unpaired) electrons. The van der Waals surface area contributed by atoms with E-state index in [2.05, 4.69) is 12.2 Å². The zero-order valence-corrected chi connectivity index (χ0v) is 11.9. The number of nitrogens with one attached hydrogen (secondary N) is 1. The van der Waals surface area contributed by atoms with Crippen LogP contribution in [-0.2, 0) is 0 Å². The lowest BCUT2D eigenvalue weighted by Crippen LogP contribution is -2.17. The van der Waals surface area contributed by atoms with Crippen LogP contribution in [0.5, 0.6) is 0 Å². The predicted octanol–water partition coefficient (Wildman–Crippen LogP) is 3.41. The monoisotopic (exact) mass is 279 g/mol. The molecule has 1 N–H and O–H groups in total. The Bertz CT molecular complexity index is 485. The second-order valence-electron chi connectivity index (χ2n) is 4.10. The summed E-state index contributed by atoms with van der Waals surface area (Å²) in [6.07, 6.45) is 0.923. The van der Waals surface area contributed by atoms with E-state index in [4.69, 9.17) is 5.26 Å². The number of nitro groups is 1. The standard InChI is InChI=1S/C13H17N3O2S/c1-3-19-8-7-10(2)15-12-6-4-5-11(9-14)13(12)16(17)18/h4-6,10,15H,3,7-8H2,1-2H3. The summed E-state index contributed by atoms with van der Waals surface area (Å²) in [7, 11) is 0. The maximum absolute atomic E-state index is 11.1. The highest BCUT2D eigenvalue weighted by Crippen LogP contribution is 2.28. The predicted molar refractivity (Wildman–Crippen MR) is 78.5 cm³/mol. The van der Waals surface area contributed by atoms with E-state index < -0.39 is 4.92 Å². The molecule has 6 heteroatoms. The van der Waals surface area contributed by atoms with Crippen molar-refractivity contribution in [2.45, 2.75) is 26.3 Å². The highest BCUT2D eigenvalue weighted by molar-refractivity contribution is 7.99. The minimum Gasteiger partial charge on any atom is -0.377 e. The van der Waals surface area contributed by atoms with Crippen LogP contribution in [0.25, 0.3) is 0 Å². The fraction of sp³-hybridized carbons (Fsp3) is 0.462. The lowest BCUT2D eigenvalue weighted by atomic mass is 10.1. The number of anilines is 1. The highest BCUT2D eigenvalue weighted by Gasteiger charge is 2.20. The van der Waals surface area contributed by atoms with E-state index >= 15 is 0 Å². The molecule has 5 nitrogen and oxygen atoms in total. The first-order valence-corrected chi connectivity index (χ1v) is 7.27. The van der Waals surface area contributed by atoms with E-state index in [-0.39, 0.29) is 17.3 Å². The molecule has 0 heterocycles. The highest BCUT2D eigenvalue weighted by atomic mass is 32.2. The zero-order chi connectivity index (χ0) is 14.3. The Morgan fingerprint density at radius 1 is 1.58 bits per heavy atom. The van der Waals surface area contributed by atoms with E-state index in [1.54, 1.807) is 12.1 Å². The van der Waals surface area contributed by atoms with Crippen LogP contribution in [0.1, 0.15) is 25.8 Å². The number of para-hydroxylation sites is 1. The Morgan fingerprint density at radius 3 is 2.89 bits per heavy atom. The van der Waals surface area contributed by atoms with Crippen molar-refractivity contribution in [3.63, 3.8) is 0 Å². The Hall–Kier alpha value is -1.74. The topological polar surface area (TPSA) is 79.0 Å². The van der Waals surface area contributed by atoms with Gasteiger partial charge >= 0.3 is 5.69 Å². The third-order valence-corrected chi connectivity index (χ3v) is 3.57. The van der Waals surface area contributed by atoms with Gasteiger partial charge in [-0.25, -0.2) is 0 Å². The fourth-order valence-corrected chi connectivity index (χ4v) is 2.50. The molecule has 19 heavy (non-hydrogen) atoms. The van der Waals surface area contributed by atoms with Gasteiger partial charge in [0.2, 0.25) is 0 Å². The Kier molecular flexibility index (Phi) is 6.16. The zero-order valence-electron chi connectivity index (χ0n) is 11.0. The summed E-state index contributed by atoms with van der Waals surface area (Å²) in [6.45, 7) is 4.09. The van der Waals surface area contributed by atoms with Crippen molar-refractivity contribution >= 4 is 23.1 Å². The molecule has 0 saturated heterocycles. The molecule has 0 fully saturated rings. The van der Waals surface area contributed by atoms with Gasteiger partial charge < -0.3 is 5.32 Å². The van der Waals surface area contributed by atoms with Gasteiger partial charge in [0.1, 0.15) is 17.3 Å². The lowest BCUT2D eigenvalue weighted by molar-refractivity contribution is -0.384. The van der Waals surface area contributed by atoms with Gasteiger partial charge in [-0.05, 0) is 37.0 Å². The van der Waals surface area contributed by atoms with Gasteiger partial charge in [0.15, 0.2) is 0 Å². The first-order valence-electron chi connectivity index (χ1n) is 6.12. The molecule has 0 aliphatic rings. The second-order valence-corrected chi connectivity index (χ2v) is 5.50. The average molecular weight is 279 g/mol. The maximum atomic E-state index is 11.1. The summed E-state index contributed by atoms with van der Waals surface area (Å²) in [6, 6.07) is 6.74. The fourth-order valence-electron chi connectivity index (χ4n) is 1.69. The third-order valence-electron chi connectivity index (χ3n) is 2.64. The molecule has 0 aliphatic carbocycles. The third kappa shape index (κ3) is 4.45. The van der Waals surface area contributed by atoms with Gasteiger partial charge in [0.25, 0.3) is 0 Å². The van der Waals surface area contributed by atoms with Crippen LogP contribution in [0.3, 0.4) is 0 Å². The van der Waals surface area contributed by atoms with Gasteiger partial charge in [-0.1, -0.05) is 13.0 Å². The number of rotatable bonds is 7. The minimum atomic E-state index is -0.506. The van der Waals surface area contributed by atoms with Gasteiger partial charge in [0.05, 0.1) is 4.92 Å². The Labute approximate surface area is 117 Å². The number of hydrogen-bond donors (Lipinski definition) is 1. The number of nitrogens with zero attached hydrogens (tertiary/aromatic N) is 2. The molecular formula is C13H17N3O2S. The molecule has 0 aromatic heterocycles. The number of hydrogen-bond acceptors (Lipinski definition) is 5. The summed E-state index contributed by atoms with van der Waals surface area (Å²) in [5.41, 5.74) is 0.364. The molecule has 1 unspecified atom stereocenters. The van der Waals surface area contributed by atoms with E-state index in [9.17, 15) is 10.1 Å².